The summed E-state index contributed by atoms with van der Waals surface area (Å²) in [6.07, 6.45) is 3.81. The van der Waals surface area contributed by atoms with E-state index in [1.807, 2.05) is 10.3 Å². The van der Waals surface area contributed by atoms with E-state index in [9.17, 15) is 9.18 Å². The number of hydrogen-bond donors (Lipinski definition) is 0. The second-order valence-corrected chi connectivity index (χ2v) is 7.43. The number of thiazole rings is 1. The maximum atomic E-state index is 14.0. The van der Waals surface area contributed by atoms with Crippen molar-refractivity contribution in [2.24, 2.45) is 5.92 Å². The molecule has 1 aliphatic rings. The van der Waals surface area contributed by atoms with Gasteiger partial charge in [0.2, 0.25) is 0 Å². The number of ether oxygens (including phenoxy) is 1. The van der Waals surface area contributed by atoms with Gasteiger partial charge in [-0.05, 0) is 30.9 Å². The third kappa shape index (κ3) is 3.12. The van der Waals surface area contributed by atoms with Crippen molar-refractivity contribution in [2.45, 2.75) is 12.8 Å². The molecule has 5 nitrogen and oxygen atoms in total. The van der Waals surface area contributed by atoms with Crippen LogP contribution in [0.5, 0.6) is 0 Å². The van der Waals surface area contributed by atoms with E-state index in [0.29, 0.717) is 41.0 Å². The fraction of sp³-hybridized carbons (Fsp3) is 0.368. The van der Waals surface area contributed by atoms with Gasteiger partial charge in [-0.25, -0.2) is 9.37 Å². The molecule has 0 spiro atoms. The summed E-state index contributed by atoms with van der Waals surface area (Å²) in [5.41, 5.74) is 1.57. The van der Waals surface area contributed by atoms with Gasteiger partial charge in [0, 0.05) is 37.3 Å². The first-order valence-corrected chi connectivity index (χ1v) is 9.55. The van der Waals surface area contributed by atoms with E-state index < -0.39 is 0 Å². The van der Waals surface area contributed by atoms with Crippen molar-refractivity contribution in [3.05, 3.63) is 47.4 Å². The van der Waals surface area contributed by atoms with Gasteiger partial charge < -0.3 is 9.64 Å². The number of piperidine rings is 1. The van der Waals surface area contributed by atoms with Crippen LogP contribution in [0, 0.1) is 11.7 Å². The van der Waals surface area contributed by atoms with Gasteiger partial charge in [0.25, 0.3) is 5.91 Å². The molecule has 0 aliphatic carbocycles. The number of carbonyl (C=O) groups excluding carboxylic acids is 1. The Morgan fingerprint density at radius 2 is 2.27 bits per heavy atom. The third-order valence-corrected chi connectivity index (χ3v) is 5.63. The first kappa shape index (κ1) is 17.2. The molecular weight excluding hydrogens is 353 g/mol. The summed E-state index contributed by atoms with van der Waals surface area (Å²) in [6, 6.07) is 6.54. The van der Waals surface area contributed by atoms with Gasteiger partial charge in [-0.1, -0.05) is 12.1 Å². The normalized spacial score (nSPS) is 17.8. The van der Waals surface area contributed by atoms with E-state index in [2.05, 4.69) is 4.98 Å². The maximum Gasteiger partial charge on any atom is 0.271 e. The topological polar surface area (TPSA) is 46.8 Å². The Hall–Kier alpha value is -2.25. The molecule has 3 aromatic rings. The largest absolute Gasteiger partial charge is 0.384 e. The first-order chi connectivity index (χ1) is 12.7. The molecule has 1 atom stereocenters. The van der Waals surface area contributed by atoms with Crippen molar-refractivity contribution >= 4 is 22.2 Å². The summed E-state index contributed by atoms with van der Waals surface area (Å²) >= 11 is 1.40. The molecule has 1 saturated heterocycles. The highest BCUT2D eigenvalue weighted by molar-refractivity contribution is 7.15. The summed E-state index contributed by atoms with van der Waals surface area (Å²) in [7, 11) is 1.69. The van der Waals surface area contributed by atoms with Crippen LogP contribution in [-0.2, 0) is 4.74 Å². The molecular formula is C19H20FN3O2S. The lowest BCUT2D eigenvalue weighted by Gasteiger charge is -2.32. The summed E-state index contributed by atoms with van der Waals surface area (Å²) in [5, 5.41) is 1.83. The van der Waals surface area contributed by atoms with Crippen LogP contribution in [0.2, 0.25) is 0 Å². The molecule has 3 heterocycles. The molecule has 1 aliphatic heterocycles. The highest BCUT2D eigenvalue weighted by Gasteiger charge is 2.26. The van der Waals surface area contributed by atoms with Crippen molar-refractivity contribution in [1.82, 2.24) is 14.3 Å². The van der Waals surface area contributed by atoms with Gasteiger partial charge in [-0.3, -0.25) is 9.20 Å². The van der Waals surface area contributed by atoms with E-state index in [4.69, 9.17) is 4.74 Å². The van der Waals surface area contributed by atoms with E-state index in [0.717, 1.165) is 19.4 Å². The Bertz CT molecular complexity index is 934. The molecule has 4 rings (SSSR count). The summed E-state index contributed by atoms with van der Waals surface area (Å²) in [4.78, 5) is 20.1. The van der Waals surface area contributed by atoms with Gasteiger partial charge in [0.1, 0.15) is 11.5 Å². The molecule has 1 unspecified atom stereocenters. The lowest BCUT2D eigenvalue weighted by molar-refractivity contribution is 0.0565. The van der Waals surface area contributed by atoms with Crippen molar-refractivity contribution in [2.75, 3.05) is 26.8 Å². The molecule has 1 amide bonds. The lowest BCUT2D eigenvalue weighted by atomic mass is 9.99. The first-order valence-electron chi connectivity index (χ1n) is 8.67. The second kappa shape index (κ2) is 7.17. The average molecular weight is 373 g/mol. The Balaban J connectivity index is 1.63. The number of halogens is 1. The maximum absolute atomic E-state index is 14.0. The predicted molar refractivity (Wildman–Crippen MR) is 99.0 cm³/mol. The zero-order valence-electron chi connectivity index (χ0n) is 14.5. The van der Waals surface area contributed by atoms with Crippen LogP contribution in [-0.4, -0.2) is 47.0 Å². The minimum Gasteiger partial charge on any atom is -0.384 e. The van der Waals surface area contributed by atoms with E-state index >= 15 is 0 Å². The van der Waals surface area contributed by atoms with Crippen LogP contribution in [0.3, 0.4) is 0 Å². The van der Waals surface area contributed by atoms with Gasteiger partial charge in [-0.2, -0.15) is 0 Å². The summed E-state index contributed by atoms with van der Waals surface area (Å²) in [6.45, 7) is 2.13. The number of benzene rings is 1. The molecule has 7 heteroatoms. The zero-order valence-corrected chi connectivity index (χ0v) is 15.3. The number of amides is 1. The van der Waals surface area contributed by atoms with Crippen LogP contribution in [0.1, 0.15) is 23.3 Å². The SMILES string of the molecule is COCC1CCCN(C(=O)c2csc3nc(-c4ccccc4F)cn23)C1. The van der Waals surface area contributed by atoms with Crippen LogP contribution in [0.25, 0.3) is 16.2 Å². The Kier molecular flexibility index (Phi) is 4.74. The number of carbonyl (C=O) groups is 1. The molecule has 0 saturated carbocycles. The Morgan fingerprint density at radius 3 is 3.08 bits per heavy atom. The molecule has 1 fully saturated rings. The number of nitrogens with zero attached hydrogens (tertiary/aromatic N) is 3. The average Bonchev–Trinajstić information content (AvgIpc) is 3.23. The number of hydrogen-bond acceptors (Lipinski definition) is 4. The van der Waals surface area contributed by atoms with Gasteiger partial charge in [0.05, 0.1) is 12.3 Å². The molecule has 0 radical (unpaired) electrons. The van der Waals surface area contributed by atoms with E-state index in [1.165, 1.54) is 17.4 Å². The van der Waals surface area contributed by atoms with Crippen molar-refractivity contribution in [3.63, 3.8) is 0 Å². The van der Waals surface area contributed by atoms with Gasteiger partial charge in [-0.15, -0.1) is 11.3 Å². The number of fused-ring (bicyclic) bond motifs is 1. The van der Waals surface area contributed by atoms with E-state index in [-0.39, 0.29) is 11.7 Å². The quantitative estimate of drug-likeness (QED) is 0.701. The number of aromatic nitrogens is 2. The molecule has 136 valence electrons. The van der Waals surface area contributed by atoms with Crippen LogP contribution < -0.4 is 0 Å². The Labute approximate surface area is 155 Å². The number of imidazole rings is 1. The fourth-order valence-electron chi connectivity index (χ4n) is 3.52. The molecule has 0 N–H and O–H groups in total. The van der Waals surface area contributed by atoms with Crippen molar-refractivity contribution in [3.8, 4) is 11.3 Å². The van der Waals surface area contributed by atoms with Crippen molar-refractivity contribution in [1.29, 1.82) is 0 Å². The molecule has 0 bridgehead atoms. The fourth-order valence-corrected chi connectivity index (χ4v) is 4.37. The highest BCUT2D eigenvalue weighted by Crippen LogP contribution is 2.27. The molecule has 26 heavy (non-hydrogen) atoms. The number of rotatable bonds is 4. The van der Waals surface area contributed by atoms with E-state index in [1.54, 1.807) is 35.9 Å². The molecule has 2 aromatic heterocycles. The minimum absolute atomic E-state index is 0.00506. The molecule has 1 aromatic carbocycles. The smallest absolute Gasteiger partial charge is 0.271 e. The van der Waals surface area contributed by atoms with Crippen LogP contribution >= 0.6 is 11.3 Å². The number of methoxy groups -OCH3 is 1. The highest BCUT2D eigenvalue weighted by atomic mass is 32.1. The summed E-state index contributed by atoms with van der Waals surface area (Å²) in [5.74, 6) is 0.0580. The number of likely N-dealkylation sites (tertiary alicyclic amines) is 1. The lowest BCUT2D eigenvalue weighted by Crippen LogP contribution is -2.41. The van der Waals surface area contributed by atoms with Crippen LogP contribution in [0.4, 0.5) is 4.39 Å². The zero-order chi connectivity index (χ0) is 18.1. The summed E-state index contributed by atoms with van der Waals surface area (Å²) < 4.78 is 21.1. The van der Waals surface area contributed by atoms with Crippen LogP contribution in [0.15, 0.2) is 35.8 Å². The standard InChI is InChI=1S/C19H20FN3O2S/c1-25-11-13-5-4-8-22(9-13)18(24)17-12-26-19-21-16(10-23(17)19)14-6-2-3-7-15(14)20/h2-3,6-7,10,12-13H,4-5,8-9,11H2,1H3. The van der Waals surface area contributed by atoms with Gasteiger partial charge in [0.15, 0.2) is 4.96 Å². The second-order valence-electron chi connectivity index (χ2n) is 6.59. The van der Waals surface area contributed by atoms with Crippen molar-refractivity contribution < 1.29 is 13.9 Å². The minimum atomic E-state index is -0.315. The Morgan fingerprint density at radius 1 is 1.42 bits per heavy atom. The monoisotopic (exact) mass is 373 g/mol. The third-order valence-electron chi connectivity index (χ3n) is 4.79. The predicted octanol–water partition coefficient (Wildman–Crippen LogP) is 3.70. The van der Waals surface area contributed by atoms with Gasteiger partial charge >= 0.3 is 0 Å².